The molecule has 1 atom stereocenters. The molecule has 0 unspecified atom stereocenters. The molecule has 11 heteroatoms. The fraction of sp³-hybridized carbons (Fsp3) is 0.417. The summed E-state index contributed by atoms with van der Waals surface area (Å²) < 4.78 is 26.4. The van der Waals surface area contributed by atoms with E-state index < -0.39 is 28.5 Å². The lowest BCUT2D eigenvalue weighted by molar-refractivity contribution is -0.139. The van der Waals surface area contributed by atoms with Crippen molar-refractivity contribution in [2.45, 2.75) is 46.2 Å². The van der Waals surface area contributed by atoms with E-state index in [-0.39, 0.29) is 18.1 Å². The topological polar surface area (TPSA) is 86.8 Å². The molecule has 2 aromatic rings. The minimum absolute atomic E-state index is 0.0106. The summed E-state index contributed by atoms with van der Waals surface area (Å²) in [5, 5.41) is 3.96. The molecule has 0 aromatic heterocycles. The van der Waals surface area contributed by atoms with Crippen molar-refractivity contribution in [1.82, 2.24) is 10.2 Å². The Kier molecular flexibility index (Phi) is 10.7. The molecule has 0 aliphatic carbocycles. The van der Waals surface area contributed by atoms with Crippen LogP contribution in [-0.4, -0.2) is 50.5 Å². The molecule has 2 amide bonds. The first-order chi connectivity index (χ1) is 16.4. The third kappa shape index (κ3) is 8.00. The molecule has 192 valence electrons. The zero-order chi connectivity index (χ0) is 26.3. The second-order valence-electron chi connectivity index (χ2n) is 8.23. The number of hydrogen-bond donors (Lipinski definition) is 1. The maximum Gasteiger partial charge on any atom is 0.244 e. The van der Waals surface area contributed by atoms with E-state index in [0.29, 0.717) is 32.7 Å². The van der Waals surface area contributed by atoms with Gasteiger partial charge in [0, 0.05) is 28.2 Å². The first-order valence-electron chi connectivity index (χ1n) is 11.1. The van der Waals surface area contributed by atoms with Crippen molar-refractivity contribution in [3.8, 4) is 0 Å². The van der Waals surface area contributed by atoms with Crippen LogP contribution < -0.4 is 9.62 Å². The zero-order valence-electron chi connectivity index (χ0n) is 20.1. The van der Waals surface area contributed by atoms with Crippen LogP contribution in [0.4, 0.5) is 5.69 Å². The summed E-state index contributed by atoms with van der Waals surface area (Å²) in [6.45, 7) is 5.22. The van der Waals surface area contributed by atoms with E-state index in [9.17, 15) is 18.0 Å². The highest BCUT2D eigenvalue weighted by atomic mass is 35.5. The summed E-state index contributed by atoms with van der Waals surface area (Å²) in [5.41, 5.74) is 1.38. The van der Waals surface area contributed by atoms with Crippen LogP contribution >= 0.6 is 34.8 Å². The largest absolute Gasteiger partial charge is 0.354 e. The van der Waals surface area contributed by atoms with Crippen molar-refractivity contribution in [2.75, 3.05) is 23.7 Å². The van der Waals surface area contributed by atoms with Gasteiger partial charge in [-0.1, -0.05) is 60.3 Å². The third-order valence-electron chi connectivity index (χ3n) is 5.54. The Balaban J connectivity index is 2.43. The maximum atomic E-state index is 13.6. The molecule has 0 heterocycles. The van der Waals surface area contributed by atoms with Gasteiger partial charge in [-0.2, -0.15) is 0 Å². The van der Waals surface area contributed by atoms with Gasteiger partial charge in [0.05, 0.1) is 11.9 Å². The van der Waals surface area contributed by atoms with Crippen molar-refractivity contribution in [2.24, 2.45) is 0 Å². The van der Waals surface area contributed by atoms with Crippen molar-refractivity contribution in [3.63, 3.8) is 0 Å². The number of benzene rings is 2. The van der Waals surface area contributed by atoms with E-state index in [1.807, 2.05) is 6.92 Å². The van der Waals surface area contributed by atoms with Gasteiger partial charge < -0.3 is 10.2 Å². The molecule has 2 rings (SSSR count). The molecular formula is C24H30Cl3N3O4S. The van der Waals surface area contributed by atoms with Gasteiger partial charge in [0.15, 0.2) is 0 Å². The molecule has 0 saturated heterocycles. The number of halogens is 3. The van der Waals surface area contributed by atoms with Crippen LogP contribution in [-0.2, 0) is 26.2 Å². The maximum absolute atomic E-state index is 13.6. The highest BCUT2D eigenvalue weighted by molar-refractivity contribution is 7.92. The summed E-state index contributed by atoms with van der Waals surface area (Å²) in [5.74, 6) is -0.916. The molecule has 2 aromatic carbocycles. The minimum atomic E-state index is -3.85. The summed E-state index contributed by atoms with van der Waals surface area (Å²) >= 11 is 18.5. The zero-order valence-corrected chi connectivity index (χ0v) is 23.2. The summed E-state index contributed by atoms with van der Waals surface area (Å²) in [4.78, 5) is 27.7. The Morgan fingerprint density at radius 2 is 1.77 bits per heavy atom. The number of sulfonamides is 1. The number of amides is 2. The van der Waals surface area contributed by atoms with E-state index in [0.717, 1.165) is 23.4 Å². The first-order valence-corrected chi connectivity index (χ1v) is 14.1. The van der Waals surface area contributed by atoms with Crippen LogP contribution in [0.5, 0.6) is 0 Å². The molecule has 7 nitrogen and oxygen atoms in total. The van der Waals surface area contributed by atoms with Gasteiger partial charge in [-0.3, -0.25) is 13.9 Å². The third-order valence-corrected chi connectivity index (χ3v) is 7.66. The highest BCUT2D eigenvalue weighted by Gasteiger charge is 2.31. The van der Waals surface area contributed by atoms with Crippen molar-refractivity contribution in [3.05, 3.63) is 62.6 Å². The molecule has 0 spiro atoms. The number of anilines is 1. The smallest absolute Gasteiger partial charge is 0.244 e. The number of unbranched alkanes of at least 4 members (excludes halogenated alkanes) is 1. The lowest BCUT2D eigenvalue weighted by atomic mass is 10.1. The Hall–Kier alpha value is -2.00. The molecular weight excluding hydrogens is 533 g/mol. The predicted molar refractivity (Wildman–Crippen MR) is 143 cm³/mol. The average molecular weight is 563 g/mol. The molecule has 0 saturated carbocycles. The van der Waals surface area contributed by atoms with Gasteiger partial charge in [-0.15, -0.1) is 0 Å². The fourth-order valence-corrected chi connectivity index (χ4v) is 4.95. The van der Waals surface area contributed by atoms with Gasteiger partial charge in [-0.25, -0.2) is 8.42 Å². The molecule has 1 N–H and O–H groups in total. The molecule has 35 heavy (non-hydrogen) atoms. The summed E-state index contributed by atoms with van der Waals surface area (Å²) in [6.07, 6.45) is 2.72. The van der Waals surface area contributed by atoms with E-state index >= 15 is 0 Å². The van der Waals surface area contributed by atoms with E-state index in [4.69, 9.17) is 34.8 Å². The Labute approximate surface area is 222 Å². The molecule has 0 aliphatic heterocycles. The average Bonchev–Trinajstić information content (AvgIpc) is 2.78. The second kappa shape index (κ2) is 12.8. The highest BCUT2D eigenvalue weighted by Crippen LogP contribution is 2.29. The number of nitrogens with one attached hydrogen (secondary N) is 1. The number of hydrogen-bond acceptors (Lipinski definition) is 4. The van der Waals surface area contributed by atoms with Crippen molar-refractivity contribution < 1.29 is 18.0 Å². The van der Waals surface area contributed by atoms with Crippen LogP contribution in [0.2, 0.25) is 15.1 Å². The normalized spacial score (nSPS) is 12.2. The lowest BCUT2D eigenvalue weighted by Gasteiger charge is -2.32. The van der Waals surface area contributed by atoms with Crippen LogP contribution in [0.25, 0.3) is 0 Å². The first kappa shape index (κ1) is 29.2. The molecule has 0 fully saturated rings. The summed E-state index contributed by atoms with van der Waals surface area (Å²) in [6, 6.07) is 8.80. The number of nitrogens with zero attached hydrogens (tertiary/aromatic N) is 2. The predicted octanol–water partition coefficient (Wildman–Crippen LogP) is 5.05. The van der Waals surface area contributed by atoms with Crippen molar-refractivity contribution >= 4 is 62.3 Å². The number of carbonyl (C=O) groups excluding carboxylic acids is 2. The number of rotatable bonds is 11. The van der Waals surface area contributed by atoms with Gasteiger partial charge in [0.2, 0.25) is 21.8 Å². The Morgan fingerprint density at radius 3 is 2.37 bits per heavy atom. The van der Waals surface area contributed by atoms with Crippen LogP contribution in [0, 0.1) is 6.92 Å². The molecule has 0 bridgehead atoms. The van der Waals surface area contributed by atoms with Crippen molar-refractivity contribution in [1.29, 1.82) is 0 Å². The quantitative estimate of drug-likeness (QED) is 0.388. The molecule has 0 aliphatic rings. The van der Waals surface area contributed by atoms with Gasteiger partial charge in [0.1, 0.15) is 12.6 Å². The Bertz CT molecular complexity index is 1170. The van der Waals surface area contributed by atoms with Gasteiger partial charge >= 0.3 is 0 Å². The van der Waals surface area contributed by atoms with Gasteiger partial charge in [0.25, 0.3) is 0 Å². The van der Waals surface area contributed by atoms with Crippen LogP contribution in [0.1, 0.15) is 37.8 Å². The van der Waals surface area contributed by atoms with Crippen LogP contribution in [0.15, 0.2) is 36.4 Å². The standard InChI is InChI=1S/C24H30Cl3N3O4S/c1-5-6-12-28-24(32)17(3)29(14-18-10-11-19(25)13-21(18)27)23(31)15-30(35(4,33)34)22-9-7-8-20(26)16(22)2/h7-11,13,17H,5-6,12,14-15H2,1-4H3,(H,28,32)/t17-/m1/s1. The van der Waals surface area contributed by atoms with E-state index in [2.05, 4.69) is 5.32 Å². The SMILES string of the molecule is CCCCNC(=O)[C@@H](C)N(Cc1ccc(Cl)cc1Cl)C(=O)CN(c1cccc(Cl)c1C)S(C)(=O)=O. The second-order valence-corrected chi connectivity index (χ2v) is 11.4. The van der Waals surface area contributed by atoms with Gasteiger partial charge in [-0.05, 0) is 55.7 Å². The molecule has 0 radical (unpaired) electrons. The van der Waals surface area contributed by atoms with E-state index in [1.165, 1.54) is 4.90 Å². The Morgan fingerprint density at radius 1 is 1.09 bits per heavy atom. The van der Waals surface area contributed by atoms with E-state index in [1.54, 1.807) is 50.2 Å². The fourth-order valence-electron chi connectivity index (χ4n) is 3.41. The monoisotopic (exact) mass is 561 g/mol. The summed E-state index contributed by atoms with van der Waals surface area (Å²) in [7, 11) is -3.85. The number of carbonyl (C=O) groups is 2. The lowest BCUT2D eigenvalue weighted by Crippen LogP contribution is -2.51. The van der Waals surface area contributed by atoms with Crippen LogP contribution in [0.3, 0.4) is 0 Å². The minimum Gasteiger partial charge on any atom is -0.354 e.